The molecule has 0 aliphatic carbocycles. The highest BCUT2D eigenvalue weighted by molar-refractivity contribution is 7.93. The van der Waals surface area contributed by atoms with Crippen molar-refractivity contribution < 1.29 is 8.94 Å². The van der Waals surface area contributed by atoms with Gasteiger partial charge in [0.15, 0.2) is 5.82 Å². The van der Waals surface area contributed by atoms with Gasteiger partial charge in [-0.3, -0.25) is 4.98 Å². The zero-order valence-corrected chi connectivity index (χ0v) is 17.4. The second-order valence-corrected chi connectivity index (χ2v) is 9.30. The molecule has 4 aromatic rings. The van der Waals surface area contributed by atoms with Crippen molar-refractivity contribution in [1.29, 1.82) is 0 Å². The number of halogens is 1. The van der Waals surface area contributed by atoms with Crippen molar-refractivity contribution in [2.45, 2.75) is 24.0 Å². The first kappa shape index (κ1) is 19.8. The molecule has 5 nitrogen and oxygen atoms in total. The highest BCUT2D eigenvalue weighted by atomic mass is 32.2. The van der Waals surface area contributed by atoms with E-state index in [0.717, 1.165) is 24.0 Å². The van der Waals surface area contributed by atoms with E-state index in [0.29, 0.717) is 37.4 Å². The van der Waals surface area contributed by atoms with Crippen molar-refractivity contribution in [3.05, 3.63) is 54.6 Å². The number of aromatic nitrogens is 3. The first-order chi connectivity index (χ1) is 14.1. The molecule has 0 saturated carbocycles. The van der Waals surface area contributed by atoms with Crippen molar-refractivity contribution >= 4 is 38.4 Å². The molecule has 1 atom stereocenters. The Morgan fingerprint density at radius 3 is 2.62 bits per heavy atom. The van der Waals surface area contributed by atoms with Crippen LogP contribution in [0.3, 0.4) is 0 Å². The fourth-order valence-corrected chi connectivity index (χ4v) is 5.75. The molecule has 0 saturated heterocycles. The average molecular weight is 427 g/mol. The molecule has 2 N–H and O–H groups in total. The van der Waals surface area contributed by atoms with E-state index in [1.807, 2.05) is 12.1 Å². The summed E-state index contributed by atoms with van der Waals surface area (Å²) in [7, 11) is 0. The molecule has 8 heteroatoms. The molecule has 0 unspecified atom stereocenters. The van der Waals surface area contributed by atoms with E-state index < -0.39 is 11.2 Å². The summed E-state index contributed by atoms with van der Waals surface area (Å²) < 4.78 is 26.9. The van der Waals surface area contributed by atoms with Crippen LogP contribution in [0.4, 0.5) is 10.1 Å². The minimum atomic E-state index is -1.19. The van der Waals surface area contributed by atoms with Crippen molar-refractivity contribution in [1.82, 2.24) is 15.0 Å². The number of fused-ring (bicyclic) bond motifs is 1. The van der Waals surface area contributed by atoms with Crippen LogP contribution in [0.15, 0.2) is 53.0 Å². The van der Waals surface area contributed by atoms with Gasteiger partial charge in [0, 0.05) is 23.5 Å². The third kappa shape index (κ3) is 3.96. The summed E-state index contributed by atoms with van der Waals surface area (Å²) in [5, 5.41) is 0.661. The van der Waals surface area contributed by atoms with E-state index in [9.17, 15) is 8.94 Å². The molecule has 0 fully saturated rings. The number of nitrogens with zero attached hydrogens (tertiary/aromatic N) is 3. The summed E-state index contributed by atoms with van der Waals surface area (Å²) in [5.41, 5.74) is 8.94. The van der Waals surface area contributed by atoms with Crippen LogP contribution in [-0.2, 0) is 11.2 Å². The fourth-order valence-electron chi connectivity index (χ4n) is 2.98. The third-order valence-electron chi connectivity index (χ3n) is 4.48. The number of rotatable bonds is 6. The van der Waals surface area contributed by atoms with Gasteiger partial charge in [0.1, 0.15) is 22.1 Å². The first-order valence-electron chi connectivity index (χ1n) is 9.23. The highest BCUT2D eigenvalue weighted by Crippen LogP contribution is 2.42. The Morgan fingerprint density at radius 2 is 1.93 bits per heavy atom. The zero-order chi connectivity index (χ0) is 20.4. The van der Waals surface area contributed by atoms with Gasteiger partial charge in [0.05, 0.1) is 11.1 Å². The molecule has 1 aromatic carbocycles. The molecule has 0 spiro atoms. The molecular weight excluding hydrogens is 407 g/mol. The van der Waals surface area contributed by atoms with Gasteiger partial charge in [-0.2, -0.15) is 0 Å². The lowest BCUT2D eigenvalue weighted by molar-refractivity contribution is 0.594. The Bertz CT molecular complexity index is 1130. The lowest BCUT2D eigenvalue weighted by Gasteiger charge is -2.09. The zero-order valence-electron chi connectivity index (χ0n) is 15.8. The van der Waals surface area contributed by atoms with Gasteiger partial charge in [-0.25, -0.2) is 14.4 Å². The number of unbranched alkanes of at least 4 members (excludes halogenated alkanes) is 1. The number of benzene rings is 1. The van der Waals surface area contributed by atoms with Crippen LogP contribution in [0.25, 0.3) is 32.9 Å². The van der Waals surface area contributed by atoms with Gasteiger partial charge in [0.2, 0.25) is 4.21 Å². The number of anilines is 1. The molecule has 29 heavy (non-hydrogen) atoms. The smallest absolute Gasteiger partial charge is 0.232 e. The summed E-state index contributed by atoms with van der Waals surface area (Å²) in [4.78, 5) is 14.2. The number of nitrogen functional groups attached to an aromatic ring is 1. The van der Waals surface area contributed by atoms with E-state index in [-0.39, 0.29) is 5.82 Å². The fraction of sp³-hybridized carbons (Fsp3) is 0.190. The number of pyridine rings is 1. The highest BCUT2D eigenvalue weighted by Gasteiger charge is 2.25. The molecule has 0 aliphatic rings. The molecule has 0 amide bonds. The summed E-state index contributed by atoms with van der Waals surface area (Å²) in [5.74, 6) is 0.728. The molecule has 4 rings (SSSR count). The van der Waals surface area contributed by atoms with Crippen molar-refractivity contribution in [2.24, 2.45) is 0 Å². The van der Waals surface area contributed by atoms with Gasteiger partial charge in [-0.1, -0.05) is 24.7 Å². The molecule has 0 bridgehead atoms. The number of nitrogens with two attached hydrogens (primary N) is 1. The summed E-state index contributed by atoms with van der Waals surface area (Å²) in [6.45, 7) is 2.06. The Hall–Kier alpha value is -2.55. The summed E-state index contributed by atoms with van der Waals surface area (Å²) in [6, 6.07) is 9.78. The van der Waals surface area contributed by atoms with Crippen LogP contribution >= 0.6 is 11.3 Å². The van der Waals surface area contributed by atoms with Crippen LogP contribution in [0.1, 0.15) is 19.8 Å². The minimum Gasteiger partial charge on any atom is -0.611 e. The number of hydrogen-bond acceptors (Lipinski definition) is 6. The van der Waals surface area contributed by atoms with E-state index in [4.69, 9.17) is 10.7 Å². The third-order valence-corrected chi connectivity index (χ3v) is 7.48. The summed E-state index contributed by atoms with van der Waals surface area (Å²) >= 11 is 0.139. The molecule has 3 aromatic heterocycles. The number of hydrogen-bond donors (Lipinski definition) is 1. The van der Waals surface area contributed by atoms with E-state index in [2.05, 4.69) is 16.9 Å². The quantitative estimate of drug-likeness (QED) is 0.436. The monoisotopic (exact) mass is 426 g/mol. The number of thiophene rings is 1. The molecule has 148 valence electrons. The van der Waals surface area contributed by atoms with Crippen LogP contribution in [0.2, 0.25) is 0 Å². The van der Waals surface area contributed by atoms with Crippen LogP contribution in [0.5, 0.6) is 0 Å². The minimum absolute atomic E-state index is 0.328. The van der Waals surface area contributed by atoms with E-state index >= 15 is 0 Å². The van der Waals surface area contributed by atoms with Gasteiger partial charge in [-0.05, 0) is 54.0 Å². The Labute approximate surface area is 175 Å². The normalized spacial score (nSPS) is 12.4. The molecular formula is C21H19FN4OS2. The maximum atomic E-state index is 13.5. The maximum absolute atomic E-state index is 13.5. The Morgan fingerprint density at radius 1 is 1.14 bits per heavy atom. The van der Waals surface area contributed by atoms with E-state index in [1.54, 1.807) is 24.5 Å². The van der Waals surface area contributed by atoms with Gasteiger partial charge < -0.3 is 10.3 Å². The maximum Gasteiger partial charge on any atom is 0.232 e. The predicted octanol–water partition coefficient (Wildman–Crippen LogP) is 5.05. The summed E-state index contributed by atoms with van der Waals surface area (Å²) in [6.07, 6.45) is 5.19. The Kier molecular flexibility index (Phi) is 5.75. The Balaban J connectivity index is 1.94. The van der Waals surface area contributed by atoms with Gasteiger partial charge in [0.25, 0.3) is 0 Å². The lowest BCUT2D eigenvalue weighted by atomic mass is 10.1. The van der Waals surface area contributed by atoms with Crippen molar-refractivity contribution in [2.75, 3.05) is 11.5 Å². The molecule has 3 heterocycles. The average Bonchev–Trinajstić information content (AvgIpc) is 3.09. The van der Waals surface area contributed by atoms with Crippen LogP contribution in [0, 0.1) is 5.82 Å². The SMILES string of the molecule is CCCC[S@@+]([O-])c1sc2nc(-c3cccnc3)nc(-c3ccc(F)cc3)c2c1N. The molecule has 0 radical (unpaired) electrons. The van der Waals surface area contributed by atoms with Crippen LogP contribution in [-0.4, -0.2) is 25.3 Å². The first-order valence-corrected chi connectivity index (χ1v) is 11.4. The largest absolute Gasteiger partial charge is 0.611 e. The van der Waals surface area contributed by atoms with Gasteiger partial charge in [-0.15, -0.1) is 0 Å². The second kappa shape index (κ2) is 8.44. The van der Waals surface area contributed by atoms with Crippen LogP contribution < -0.4 is 5.73 Å². The predicted molar refractivity (Wildman–Crippen MR) is 117 cm³/mol. The second-order valence-electron chi connectivity index (χ2n) is 6.53. The molecule has 0 aliphatic heterocycles. The lowest BCUT2D eigenvalue weighted by Crippen LogP contribution is -2.07. The van der Waals surface area contributed by atoms with E-state index in [1.165, 1.54) is 23.5 Å². The van der Waals surface area contributed by atoms with Crippen molar-refractivity contribution in [3.63, 3.8) is 0 Å². The van der Waals surface area contributed by atoms with Crippen molar-refractivity contribution in [3.8, 4) is 22.6 Å². The van der Waals surface area contributed by atoms with Gasteiger partial charge >= 0.3 is 0 Å². The topological polar surface area (TPSA) is 87.8 Å². The standard InChI is InChI=1S/C21H19FN4OS2/c1-2-3-11-29(27)21-17(23)16-18(13-6-8-15(22)9-7-13)25-19(26-20(16)28-21)14-5-4-10-24-12-14/h4-10,12H,2-3,11,23H2,1H3/t29-/m1/s1.